The number of hydrogen-bond donors (Lipinski definition) is 0. The molecule has 0 amide bonds. The molecule has 0 N–H and O–H groups in total. The maximum absolute atomic E-state index is 6.03. The minimum absolute atomic E-state index is 0.570. The number of halogens is 4. The van der Waals surface area contributed by atoms with Gasteiger partial charge < -0.3 is 4.90 Å². The summed E-state index contributed by atoms with van der Waals surface area (Å²) in [6, 6.07) is 5.66. The van der Waals surface area contributed by atoms with Crippen LogP contribution < -0.4 is 4.90 Å². The van der Waals surface area contributed by atoms with Crippen LogP contribution in [0.4, 0.5) is 5.69 Å². The molecule has 2 rings (SSSR count). The van der Waals surface area contributed by atoms with Crippen molar-refractivity contribution >= 4 is 74.1 Å². The molecule has 0 aliphatic heterocycles. The first kappa shape index (κ1) is 15.5. The second-order valence-electron chi connectivity index (χ2n) is 3.91. The highest BCUT2D eigenvalue weighted by Crippen LogP contribution is 2.27. The molecule has 0 radical (unpaired) electrons. The first-order valence-corrected chi connectivity index (χ1v) is 8.21. The van der Waals surface area contributed by atoms with E-state index in [-0.39, 0.29) is 0 Å². The monoisotopic (exact) mass is 519 g/mol. The summed E-state index contributed by atoms with van der Waals surface area (Å²) in [6.45, 7) is 0.719. The summed E-state index contributed by atoms with van der Waals surface area (Å²) in [5.41, 5.74) is 2.11. The highest BCUT2D eigenvalue weighted by atomic mass is 127. The average molecular weight is 520 g/mol. The first-order chi connectivity index (χ1) is 8.99. The van der Waals surface area contributed by atoms with Crippen molar-refractivity contribution in [3.05, 3.63) is 47.5 Å². The molecular formula is C12H9Cl2I2N3. The van der Waals surface area contributed by atoms with Crippen molar-refractivity contribution in [2.45, 2.75) is 6.54 Å². The zero-order valence-electron chi connectivity index (χ0n) is 9.87. The van der Waals surface area contributed by atoms with Crippen molar-refractivity contribution < 1.29 is 0 Å². The number of benzene rings is 1. The summed E-state index contributed by atoms with van der Waals surface area (Å²) < 4.78 is 1.86. The van der Waals surface area contributed by atoms with Crippen LogP contribution in [0.25, 0.3) is 0 Å². The van der Waals surface area contributed by atoms with Crippen molar-refractivity contribution in [1.82, 2.24) is 9.97 Å². The van der Waals surface area contributed by atoms with E-state index in [1.54, 1.807) is 6.33 Å². The van der Waals surface area contributed by atoms with E-state index in [1.807, 2.05) is 25.2 Å². The predicted molar refractivity (Wildman–Crippen MR) is 96.0 cm³/mol. The fourth-order valence-electron chi connectivity index (χ4n) is 1.64. The van der Waals surface area contributed by atoms with Gasteiger partial charge in [-0.25, -0.2) is 9.97 Å². The highest BCUT2D eigenvalue weighted by molar-refractivity contribution is 14.1. The lowest BCUT2D eigenvalue weighted by Gasteiger charge is -2.21. The minimum Gasteiger partial charge on any atom is -0.366 e. The number of nitrogens with zero attached hydrogens (tertiary/aromatic N) is 3. The molecule has 0 saturated carbocycles. The lowest BCUT2D eigenvalue weighted by molar-refractivity contribution is 0.894. The maximum Gasteiger partial charge on any atom is 0.129 e. The molecule has 0 unspecified atom stereocenters. The van der Waals surface area contributed by atoms with Gasteiger partial charge in [-0.15, -0.1) is 0 Å². The molecule has 1 heterocycles. The molecular weight excluding hydrogens is 511 g/mol. The number of hydrogen-bond acceptors (Lipinski definition) is 3. The largest absolute Gasteiger partial charge is 0.366 e. The minimum atomic E-state index is 0.570. The van der Waals surface area contributed by atoms with Gasteiger partial charge in [-0.2, -0.15) is 0 Å². The van der Waals surface area contributed by atoms with E-state index in [9.17, 15) is 0 Å². The molecule has 3 nitrogen and oxygen atoms in total. The van der Waals surface area contributed by atoms with Crippen LogP contribution in [0.3, 0.4) is 0 Å². The molecule has 0 aliphatic carbocycles. The first-order valence-electron chi connectivity index (χ1n) is 5.30. The Balaban J connectivity index is 2.25. The number of rotatable bonds is 3. The molecule has 0 fully saturated rings. The molecule has 2 aromatic rings. The Morgan fingerprint density at radius 2 is 1.74 bits per heavy atom. The van der Waals surface area contributed by atoms with Gasteiger partial charge in [0.2, 0.25) is 0 Å². The van der Waals surface area contributed by atoms with Gasteiger partial charge >= 0.3 is 0 Å². The molecule has 7 heteroatoms. The molecule has 1 aromatic carbocycles. The summed E-state index contributed by atoms with van der Waals surface area (Å²) in [5, 5.41) is 1.14. The van der Waals surface area contributed by atoms with Crippen molar-refractivity contribution in [2.75, 3.05) is 11.9 Å². The van der Waals surface area contributed by atoms with Crippen LogP contribution in [0.1, 0.15) is 5.56 Å². The standard InChI is InChI=1S/C12H9Cl2I2N3/c1-19(10-11(15)17-6-18-12(10)16)5-7-2-3-8(13)9(14)4-7/h2-4,6H,5H2,1H3. The third-order valence-corrected chi connectivity index (χ3v) is 4.84. The summed E-state index contributed by atoms with van der Waals surface area (Å²) in [6.07, 6.45) is 1.57. The van der Waals surface area contributed by atoms with E-state index in [1.165, 1.54) is 0 Å². The molecule has 0 atom stereocenters. The Bertz CT molecular complexity index is 587. The zero-order chi connectivity index (χ0) is 14.0. The van der Waals surface area contributed by atoms with E-state index >= 15 is 0 Å². The lowest BCUT2D eigenvalue weighted by atomic mass is 10.2. The second kappa shape index (κ2) is 6.73. The Hall–Kier alpha value is 0.140. The van der Waals surface area contributed by atoms with E-state index in [0.717, 1.165) is 25.2 Å². The van der Waals surface area contributed by atoms with Crippen molar-refractivity contribution in [3.8, 4) is 0 Å². The van der Waals surface area contributed by atoms with Crippen LogP contribution in [-0.4, -0.2) is 17.0 Å². The Morgan fingerprint density at radius 3 is 2.32 bits per heavy atom. The van der Waals surface area contributed by atoms with E-state index in [2.05, 4.69) is 60.0 Å². The lowest BCUT2D eigenvalue weighted by Crippen LogP contribution is -2.19. The van der Waals surface area contributed by atoms with Gasteiger partial charge in [0.05, 0.1) is 10.0 Å². The molecule has 1 aromatic heterocycles. The van der Waals surface area contributed by atoms with Crippen molar-refractivity contribution in [2.24, 2.45) is 0 Å². The smallest absolute Gasteiger partial charge is 0.129 e. The van der Waals surface area contributed by atoms with Crippen LogP contribution in [0.15, 0.2) is 24.5 Å². The molecule has 100 valence electrons. The van der Waals surface area contributed by atoms with E-state index in [4.69, 9.17) is 23.2 Å². The molecule has 0 bridgehead atoms. The summed E-state index contributed by atoms with van der Waals surface area (Å²) >= 11 is 16.4. The summed E-state index contributed by atoms with van der Waals surface area (Å²) in [4.78, 5) is 10.5. The predicted octanol–water partition coefficient (Wildman–Crippen LogP) is 4.63. The van der Waals surface area contributed by atoms with Gasteiger partial charge in [-0.3, -0.25) is 0 Å². The average Bonchev–Trinajstić information content (AvgIpc) is 2.33. The van der Waals surface area contributed by atoms with Gasteiger partial charge in [0.1, 0.15) is 19.4 Å². The zero-order valence-corrected chi connectivity index (χ0v) is 15.7. The van der Waals surface area contributed by atoms with Crippen LogP contribution in [-0.2, 0) is 6.54 Å². The fourth-order valence-corrected chi connectivity index (χ4v) is 4.06. The Kier molecular flexibility index (Phi) is 5.50. The van der Waals surface area contributed by atoms with Crippen LogP contribution in [0.2, 0.25) is 10.0 Å². The van der Waals surface area contributed by atoms with Crippen molar-refractivity contribution in [1.29, 1.82) is 0 Å². The van der Waals surface area contributed by atoms with E-state index < -0.39 is 0 Å². The molecule has 0 aliphatic rings. The third-order valence-electron chi connectivity index (χ3n) is 2.52. The summed E-state index contributed by atoms with van der Waals surface area (Å²) in [7, 11) is 2.01. The van der Waals surface area contributed by atoms with Gasteiger partial charge in [-0.05, 0) is 62.9 Å². The Labute approximate surface area is 149 Å². The molecule has 19 heavy (non-hydrogen) atoms. The maximum atomic E-state index is 6.03. The van der Waals surface area contributed by atoms with E-state index in [0.29, 0.717) is 10.0 Å². The van der Waals surface area contributed by atoms with Crippen molar-refractivity contribution in [3.63, 3.8) is 0 Å². The van der Waals surface area contributed by atoms with Crippen LogP contribution >= 0.6 is 68.4 Å². The quantitative estimate of drug-likeness (QED) is 0.437. The van der Waals surface area contributed by atoms with Gasteiger partial charge in [0.25, 0.3) is 0 Å². The second-order valence-corrected chi connectivity index (χ2v) is 6.77. The SMILES string of the molecule is CN(Cc1ccc(Cl)c(Cl)c1)c1c(I)ncnc1I. The third kappa shape index (κ3) is 3.83. The summed E-state index contributed by atoms with van der Waals surface area (Å²) in [5.74, 6) is 0. The fraction of sp³-hybridized carbons (Fsp3) is 0.167. The Morgan fingerprint density at radius 1 is 1.11 bits per heavy atom. The molecule has 0 saturated heterocycles. The topological polar surface area (TPSA) is 29.0 Å². The number of anilines is 1. The highest BCUT2D eigenvalue weighted by Gasteiger charge is 2.13. The van der Waals surface area contributed by atoms with Gasteiger partial charge in [-0.1, -0.05) is 29.3 Å². The van der Waals surface area contributed by atoms with Crippen LogP contribution in [0, 0.1) is 7.40 Å². The van der Waals surface area contributed by atoms with Gasteiger partial charge in [0.15, 0.2) is 0 Å². The van der Waals surface area contributed by atoms with Crippen LogP contribution in [0.5, 0.6) is 0 Å². The molecule has 0 spiro atoms. The van der Waals surface area contributed by atoms with Gasteiger partial charge in [0, 0.05) is 13.6 Å². The normalized spacial score (nSPS) is 10.6. The number of aromatic nitrogens is 2.